The molecule has 0 atom stereocenters. The molecule has 17 heavy (non-hydrogen) atoms. The maximum absolute atomic E-state index is 12.1. The van der Waals surface area contributed by atoms with Crippen LogP contribution in [-0.2, 0) is 5.41 Å². The van der Waals surface area contributed by atoms with E-state index in [0.717, 1.165) is 5.56 Å². The lowest BCUT2D eigenvalue weighted by Crippen LogP contribution is -2.12. The molecule has 3 rings (SSSR count). The zero-order valence-electron chi connectivity index (χ0n) is 10.1. The summed E-state index contributed by atoms with van der Waals surface area (Å²) in [6, 6.07) is 7.47. The highest BCUT2D eigenvalue weighted by atomic mass is 16.4. The number of carbonyl (C=O) groups excluding carboxylic acids is 1. The Labute approximate surface area is 99.5 Å². The summed E-state index contributed by atoms with van der Waals surface area (Å²) in [6.07, 6.45) is 0. The second-order valence-corrected chi connectivity index (χ2v) is 5.32. The van der Waals surface area contributed by atoms with Gasteiger partial charge >= 0.3 is 0 Å². The second kappa shape index (κ2) is 3.06. The number of aromatic nitrogens is 1. The van der Waals surface area contributed by atoms with Crippen molar-refractivity contribution in [2.75, 3.05) is 0 Å². The van der Waals surface area contributed by atoms with E-state index in [0.29, 0.717) is 22.9 Å². The Morgan fingerprint density at radius 1 is 1.12 bits per heavy atom. The Morgan fingerprint density at radius 2 is 1.76 bits per heavy atom. The number of carbonyl (C=O) groups is 1. The monoisotopic (exact) mass is 227 g/mol. The van der Waals surface area contributed by atoms with Gasteiger partial charge in [0.2, 0.25) is 11.7 Å². The summed E-state index contributed by atoms with van der Waals surface area (Å²) in [5, 5.41) is 0. The van der Waals surface area contributed by atoms with Crippen molar-refractivity contribution in [3.05, 3.63) is 41.4 Å². The van der Waals surface area contributed by atoms with Crippen molar-refractivity contribution in [3.8, 4) is 11.3 Å². The van der Waals surface area contributed by atoms with Gasteiger partial charge in [0.1, 0.15) is 0 Å². The third-order valence-electron chi connectivity index (χ3n) is 2.90. The fourth-order valence-corrected chi connectivity index (χ4v) is 1.98. The van der Waals surface area contributed by atoms with Gasteiger partial charge < -0.3 is 4.42 Å². The molecule has 1 aliphatic rings. The zero-order valence-corrected chi connectivity index (χ0v) is 10.1. The zero-order chi connectivity index (χ0) is 12.2. The lowest BCUT2D eigenvalue weighted by atomic mass is 9.97. The SMILES string of the molecule is CC(C)(C)c1nc2c(o1)-c1ccccc1C2=O. The second-order valence-electron chi connectivity index (χ2n) is 5.32. The van der Waals surface area contributed by atoms with E-state index in [9.17, 15) is 4.79 Å². The minimum Gasteiger partial charge on any atom is -0.439 e. The highest BCUT2D eigenvalue weighted by Gasteiger charge is 2.34. The molecule has 0 aliphatic heterocycles. The lowest BCUT2D eigenvalue weighted by Gasteiger charge is -2.12. The molecule has 1 aromatic heterocycles. The van der Waals surface area contributed by atoms with Crippen LogP contribution in [0.15, 0.2) is 28.7 Å². The molecule has 0 bridgehead atoms. The van der Waals surface area contributed by atoms with E-state index < -0.39 is 0 Å². The Morgan fingerprint density at radius 3 is 2.41 bits per heavy atom. The third kappa shape index (κ3) is 1.35. The quantitative estimate of drug-likeness (QED) is 0.592. The molecule has 1 heterocycles. The topological polar surface area (TPSA) is 43.1 Å². The van der Waals surface area contributed by atoms with Crippen molar-refractivity contribution in [3.63, 3.8) is 0 Å². The first-order valence-electron chi connectivity index (χ1n) is 5.64. The molecule has 0 saturated carbocycles. The van der Waals surface area contributed by atoms with Crippen LogP contribution in [-0.4, -0.2) is 10.8 Å². The number of nitrogens with zero attached hydrogens (tertiary/aromatic N) is 1. The van der Waals surface area contributed by atoms with Gasteiger partial charge in [-0.05, 0) is 0 Å². The van der Waals surface area contributed by atoms with E-state index in [1.54, 1.807) is 0 Å². The normalized spacial score (nSPS) is 13.7. The highest BCUT2D eigenvalue weighted by Crippen LogP contribution is 2.38. The summed E-state index contributed by atoms with van der Waals surface area (Å²) in [5.41, 5.74) is 1.82. The van der Waals surface area contributed by atoms with Gasteiger partial charge in [-0.1, -0.05) is 45.0 Å². The van der Waals surface area contributed by atoms with Crippen LogP contribution in [0, 0.1) is 0 Å². The van der Waals surface area contributed by atoms with Gasteiger partial charge in [-0.3, -0.25) is 4.79 Å². The average molecular weight is 227 g/mol. The van der Waals surface area contributed by atoms with Crippen LogP contribution in [0.2, 0.25) is 0 Å². The van der Waals surface area contributed by atoms with Crippen molar-refractivity contribution < 1.29 is 9.21 Å². The standard InChI is InChI=1S/C14H13NO2/c1-14(2,3)13-15-10-11(16)8-6-4-5-7-9(8)12(10)17-13/h4-7H,1-3H3. The third-order valence-corrected chi connectivity index (χ3v) is 2.90. The summed E-state index contributed by atoms with van der Waals surface area (Å²) in [6.45, 7) is 6.05. The molecular formula is C14H13NO2. The summed E-state index contributed by atoms with van der Waals surface area (Å²) < 4.78 is 5.76. The molecule has 1 aliphatic carbocycles. The minimum atomic E-state index is -0.181. The number of hydrogen-bond donors (Lipinski definition) is 0. The van der Waals surface area contributed by atoms with Crippen LogP contribution in [0.3, 0.4) is 0 Å². The van der Waals surface area contributed by atoms with E-state index in [1.165, 1.54) is 0 Å². The van der Waals surface area contributed by atoms with E-state index in [4.69, 9.17) is 4.42 Å². The van der Waals surface area contributed by atoms with Gasteiger partial charge in [-0.15, -0.1) is 0 Å². The predicted molar refractivity (Wildman–Crippen MR) is 64.1 cm³/mol. The summed E-state index contributed by atoms with van der Waals surface area (Å²) in [7, 11) is 0. The summed E-state index contributed by atoms with van der Waals surface area (Å²) in [5.74, 6) is 1.20. The maximum Gasteiger partial charge on any atom is 0.216 e. The number of hydrogen-bond acceptors (Lipinski definition) is 3. The molecule has 0 saturated heterocycles. The Bertz CT molecular complexity index is 617. The van der Waals surface area contributed by atoms with Crippen LogP contribution in [0.25, 0.3) is 11.3 Å². The first-order valence-corrected chi connectivity index (χ1v) is 5.64. The van der Waals surface area contributed by atoms with Crippen molar-refractivity contribution in [1.29, 1.82) is 0 Å². The number of benzene rings is 1. The molecule has 0 amide bonds. The summed E-state index contributed by atoms with van der Waals surface area (Å²) in [4.78, 5) is 16.4. The molecule has 3 heteroatoms. The van der Waals surface area contributed by atoms with Crippen molar-refractivity contribution >= 4 is 5.78 Å². The molecule has 0 fully saturated rings. The smallest absolute Gasteiger partial charge is 0.216 e. The molecule has 0 unspecified atom stereocenters. The van der Waals surface area contributed by atoms with Gasteiger partial charge in [-0.25, -0.2) is 4.98 Å². The van der Waals surface area contributed by atoms with Gasteiger partial charge in [0, 0.05) is 16.5 Å². The lowest BCUT2D eigenvalue weighted by molar-refractivity contribution is 0.103. The summed E-state index contributed by atoms with van der Waals surface area (Å²) >= 11 is 0. The van der Waals surface area contributed by atoms with E-state index in [2.05, 4.69) is 4.98 Å². The molecule has 2 aromatic rings. The Kier molecular flexibility index (Phi) is 1.85. The fourth-order valence-electron chi connectivity index (χ4n) is 1.98. The van der Waals surface area contributed by atoms with Crippen LogP contribution < -0.4 is 0 Å². The van der Waals surface area contributed by atoms with Crippen molar-refractivity contribution in [2.45, 2.75) is 26.2 Å². The van der Waals surface area contributed by atoms with Crippen LogP contribution in [0.1, 0.15) is 42.7 Å². The van der Waals surface area contributed by atoms with Crippen LogP contribution >= 0.6 is 0 Å². The molecule has 1 aromatic carbocycles. The Hall–Kier alpha value is -1.90. The van der Waals surface area contributed by atoms with Crippen LogP contribution in [0.4, 0.5) is 0 Å². The number of rotatable bonds is 0. The number of ketones is 1. The van der Waals surface area contributed by atoms with Gasteiger partial charge in [-0.2, -0.15) is 0 Å². The highest BCUT2D eigenvalue weighted by molar-refractivity contribution is 6.19. The van der Waals surface area contributed by atoms with E-state index >= 15 is 0 Å². The fraction of sp³-hybridized carbons (Fsp3) is 0.286. The molecule has 0 spiro atoms. The number of fused-ring (bicyclic) bond motifs is 3. The molecule has 0 radical (unpaired) electrons. The maximum atomic E-state index is 12.1. The molecule has 86 valence electrons. The van der Waals surface area contributed by atoms with Crippen molar-refractivity contribution in [2.24, 2.45) is 0 Å². The molecule has 3 nitrogen and oxygen atoms in total. The van der Waals surface area contributed by atoms with Crippen molar-refractivity contribution in [1.82, 2.24) is 4.98 Å². The number of oxazole rings is 1. The average Bonchev–Trinajstić information content (AvgIpc) is 2.80. The van der Waals surface area contributed by atoms with Gasteiger partial charge in [0.05, 0.1) is 0 Å². The first kappa shape index (κ1) is 10.3. The van der Waals surface area contributed by atoms with Crippen LogP contribution in [0.5, 0.6) is 0 Å². The predicted octanol–water partition coefficient (Wildman–Crippen LogP) is 3.18. The first-order chi connectivity index (χ1) is 7.98. The Balaban J connectivity index is 2.24. The minimum absolute atomic E-state index is 0.0325. The van der Waals surface area contributed by atoms with E-state index in [-0.39, 0.29) is 11.2 Å². The van der Waals surface area contributed by atoms with E-state index in [1.807, 2.05) is 45.0 Å². The molecule has 0 N–H and O–H groups in total. The largest absolute Gasteiger partial charge is 0.439 e. The van der Waals surface area contributed by atoms with Gasteiger partial charge in [0.25, 0.3) is 0 Å². The van der Waals surface area contributed by atoms with Gasteiger partial charge in [0.15, 0.2) is 11.5 Å². The molecular weight excluding hydrogens is 214 g/mol.